The first-order chi connectivity index (χ1) is 8.90. The summed E-state index contributed by atoms with van der Waals surface area (Å²) in [6.07, 6.45) is 0. The Morgan fingerprint density at radius 3 is 1.89 bits per heavy atom. The second-order valence-electron chi connectivity index (χ2n) is 3.88. The van der Waals surface area contributed by atoms with Gasteiger partial charge in [0.25, 0.3) is 0 Å². The monoisotopic (exact) mass is 260 g/mol. The van der Waals surface area contributed by atoms with Gasteiger partial charge in [-0.05, 0) is 35.0 Å². The molecule has 0 unspecified atom stereocenters. The Bertz CT molecular complexity index is 716. The fourth-order valence-corrected chi connectivity index (χ4v) is 1.79. The van der Waals surface area contributed by atoms with Crippen LogP contribution in [0.15, 0.2) is 30.3 Å². The molecule has 0 heterocycles. The van der Waals surface area contributed by atoms with Crippen molar-refractivity contribution in [2.45, 2.75) is 0 Å². The van der Waals surface area contributed by atoms with Crippen LogP contribution in [-0.4, -0.2) is 33.2 Å². The Labute approximate surface area is 106 Å². The fraction of sp³-hybridized carbons (Fsp3) is 0. The number of rotatable bonds is 3. The van der Waals surface area contributed by atoms with Gasteiger partial charge in [-0.3, -0.25) is 0 Å². The van der Waals surface area contributed by atoms with Crippen LogP contribution < -0.4 is 0 Å². The highest BCUT2D eigenvalue weighted by atomic mass is 16.4. The van der Waals surface area contributed by atoms with Crippen molar-refractivity contribution >= 4 is 28.7 Å². The summed E-state index contributed by atoms with van der Waals surface area (Å²) in [4.78, 5) is 32.9. The highest BCUT2D eigenvalue weighted by Gasteiger charge is 2.15. The molecular weight excluding hydrogens is 252 g/mol. The molecule has 0 saturated carbocycles. The van der Waals surface area contributed by atoms with E-state index >= 15 is 0 Å². The minimum atomic E-state index is -1.31. The lowest BCUT2D eigenvalue weighted by atomic mass is 9.99. The van der Waals surface area contributed by atoms with E-state index in [1.54, 1.807) is 0 Å². The van der Waals surface area contributed by atoms with Gasteiger partial charge in [-0.2, -0.15) is 0 Å². The lowest BCUT2D eigenvalue weighted by molar-refractivity contribution is 0.0681. The van der Waals surface area contributed by atoms with Gasteiger partial charge in [0.05, 0.1) is 16.7 Å². The molecule has 0 atom stereocenters. The molecule has 0 fully saturated rings. The summed E-state index contributed by atoms with van der Waals surface area (Å²) in [5, 5.41) is 27.4. The highest BCUT2D eigenvalue weighted by molar-refractivity contribution is 6.08. The summed E-state index contributed by atoms with van der Waals surface area (Å²) in [5.41, 5.74) is -0.455. The first-order valence-electron chi connectivity index (χ1n) is 5.18. The molecule has 2 rings (SSSR count). The molecule has 2 aromatic carbocycles. The molecule has 0 saturated heterocycles. The maximum absolute atomic E-state index is 11.1. The van der Waals surface area contributed by atoms with Crippen LogP contribution >= 0.6 is 0 Å². The summed E-state index contributed by atoms with van der Waals surface area (Å²) in [5.74, 6) is -3.73. The average Bonchev–Trinajstić information content (AvgIpc) is 2.36. The van der Waals surface area contributed by atoms with Gasteiger partial charge in [0.1, 0.15) is 0 Å². The van der Waals surface area contributed by atoms with Gasteiger partial charge in [0.2, 0.25) is 0 Å². The van der Waals surface area contributed by atoms with Crippen LogP contribution in [0.2, 0.25) is 0 Å². The van der Waals surface area contributed by atoms with Crippen molar-refractivity contribution < 1.29 is 29.7 Å². The molecule has 0 radical (unpaired) electrons. The minimum Gasteiger partial charge on any atom is -0.478 e. The standard InChI is InChI=1S/C13H8O6/c14-11(15)7-2-1-6-3-8(12(16)17)5-10(13(18)19)9(6)4-7/h1-5H,(H,14,15)(H,16,17)(H,18,19). The summed E-state index contributed by atoms with van der Waals surface area (Å²) in [7, 11) is 0. The third kappa shape index (κ3) is 2.23. The van der Waals surface area contributed by atoms with E-state index in [1.807, 2.05) is 0 Å². The highest BCUT2D eigenvalue weighted by Crippen LogP contribution is 2.23. The molecule has 0 aromatic heterocycles. The van der Waals surface area contributed by atoms with Gasteiger partial charge in [-0.1, -0.05) is 6.07 Å². The van der Waals surface area contributed by atoms with Crippen molar-refractivity contribution in [2.24, 2.45) is 0 Å². The summed E-state index contributed by atoms with van der Waals surface area (Å²) < 4.78 is 0. The van der Waals surface area contributed by atoms with E-state index in [-0.39, 0.29) is 22.1 Å². The number of carboxylic acid groups (broad SMARTS) is 3. The molecule has 6 nitrogen and oxygen atoms in total. The van der Waals surface area contributed by atoms with Crippen molar-refractivity contribution in [1.29, 1.82) is 0 Å². The van der Waals surface area contributed by atoms with Gasteiger partial charge in [-0.15, -0.1) is 0 Å². The quantitative estimate of drug-likeness (QED) is 0.777. The van der Waals surface area contributed by atoms with Crippen LogP contribution in [0.5, 0.6) is 0 Å². The van der Waals surface area contributed by atoms with E-state index in [2.05, 4.69) is 0 Å². The van der Waals surface area contributed by atoms with Crippen LogP contribution in [0.3, 0.4) is 0 Å². The molecule has 0 spiro atoms. The zero-order chi connectivity index (χ0) is 14.2. The fourth-order valence-electron chi connectivity index (χ4n) is 1.79. The topological polar surface area (TPSA) is 112 Å². The smallest absolute Gasteiger partial charge is 0.336 e. The van der Waals surface area contributed by atoms with Crippen molar-refractivity contribution in [2.75, 3.05) is 0 Å². The van der Waals surface area contributed by atoms with Gasteiger partial charge in [-0.25, -0.2) is 14.4 Å². The van der Waals surface area contributed by atoms with E-state index < -0.39 is 17.9 Å². The molecule has 0 bridgehead atoms. The molecule has 3 N–H and O–H groups in total. The molecule has 0 aliphatic heterocycles. The van der Waals surface area contributed by atoms with Gasteiger partial charge < -0.3 is 15.3 Å². The maximum atomic E-state index is 11.1. The number of benzene rings is 2. The van der Waals surface area contributed by atoms with E-state index in [1.165, 1.54) is 24.3 Å². The van der Waals surface area contributed by atoms with Gasteiger partial charge >= 0.3 is 17.9 Å². The first-order valence-corrected chi connectivity index (χ1v) is 5.18. The molecule has 0 aliphatic rings. The number of carbonyl (C=O) groups is 3. The average molecular weight is 260 g/mol. The van der Waals surface area contributed by atoms with Crippen LogP contribution in [0.1, 0.15) is 31.1 Å². The predicted octanol–water partition coefficient (Wildman–Crippen LogP) is 1.93. The maximum Gasteiger partial charge on any atom is 0.336 e. The lowest BCUT2D eigenvalue weighted by Gasteiger charge is -2.06. The van der Waals surface area contributed by atoms with Gasteiger partial charge in [0.15, 0.2) is 0 Å². The number of hydrogen-bond donors (Lipinski definition) is 3. The van der Waals surface area contributed by atoms with E-state index in [0.717, 1.165) is 6.07 Å². The summed E-state index contributed by atoms with van der Waals surface area (Å²) >= 11 is 0. The van der Waals surface area contributed by atoms with Gasteiger partial charge in [0, 0.05) is 0 Å². The Balaban J connectivity index is 2.83. The molecule has 0 aliphatic carbocycles. The molecule has 0 amide bonds. The molecule has 96 valence electrons. The number of carboxylic acids is 3. The largest absolute Gasteiger partial charge is 0.478 e. The van der Waals surface area contributed by atoms with E-state index in [9.17, 15) is 14.4 Å². The normalized spacial score (nSPS) is 10.3. The molecule has 2 aromatic rings. The van der Waals surface area contributed by atoms with E-state index in [4.69, 9.17) is 15.3 Å². The van der Waals surface area contributed by atoms with Crippen LogP contribution in [-0.2, 0) is 0 Å². The van der Waals surface area contributed by atoms with Crippen molar-refractivity contribution in [1.82, 2.24) is 0 Å². The lowest BCUT2D eigenvalue weighted by Crippen LogP contribution is -2.04. The summed E-state index contributed by atoms with van der Waals surface area (Å²) in [6.45, 7) is 0. The number of aromatic carboxylic acids is 3. The zero-order valence-corrected chi connectivity index (χ0v) is 9.45. The van der Waals surface area contributed by atoms with Crippen LogP contribution in [0, 0.1) is 0 Å². The first kappa shape index (κ1) is 12.6. The molecular formula is C13H8O6. The third-order valence-electron chi connectivity index (χ3n) is 2.68. The second-order valence-corrected chi connectivity index (χ2v) is 3.88. The van der Waals surface area contributed by atoms with Crippen molar-refractivity contribution in [3.05, 3.63) is 47.0 Å². The Kier molecular flexibility index (Phi) is 2.92. The Hall–Kier alpha value is -2.89. The zero-order valence-electron chi connectivity index (χ0n) is 9.45. The van der Waals surface area contributed by atoms with Crippen LogP contribution in [0.25, 0.3) is 10.8 Å². The Morgan fingerprint density at radius 1 is 0.737 bits per heavy atom. The van der Waals surface area contributed by atoms with Crippen molar-refractivity contribution in [3.8, 4) is 0 Å². The number of fused-ring (bicyclic) bond motifs is 1. The minimum absolute atomic E-state index is 0.0573. The predicted molar refractivity (Wildman–Crippen MR) is 64.8 cm³/mol. The van der Waals surface area contributed by atoms with Crippen LogP contribution in [0.4, 0.5) is 0 Å². The molecule has 6 heteroatoms. The van der Waals surface area contributed by atoms with E-state index in [0.29, 0.717) is 5.39 Å². The third-order valence-corrected chi connectivity index (χ3v) is 2.68. The number of hydrogen-bond acceptors (Lipinski definition) is 3. The second kappa shape index (κ2) is 4.41. The Morgan fingerprint density at radius 2 is 1.37 bits per heavy atom. The SMILES string of the molecule is O=C(O)c1cc(C(=O)O)c2cc(C(=O)O)ccc2c1. The molecule has 19 heavy (non-hydrogen) atoms. The summed E-state index contributed by atoms with van der Waals surface area (Å²) in [6, 6.07) is 6.21. The van der Waals surface area contributed by atoms with Crippen molar-refractivity contribution in [3.63, 3.8) is 0 Å².